The Labute approximate surface area is 116 Å². The van der Waals surface area contributed by atoms with Gasteiger partial charge in [-0.2, -0.15) is 0 Å². The van der Waals surface area contributed by atoms with E-state index in [4.69, 9.17) is 0 Å². The van der Waals surface area contributed by atoms with Crippen LogP contribution in [0.5, 0.6) is 0 Å². The number of hydrogen-bond donors (Lipinski definition) is 1. The van der Waals surface area contributed by atoms with Crippen LogP contribution >= 0.6 is 0 Å². The zero-order valence-electron chi connectivity index (χ0n) is 13.8. The van der Waals surface area contributed by atoms with Gasteiger partial charge in [0.2, 0.25) is 0 Å². The van der Waals surface area contributed by atoms with Crippen LogP contribution in [0.4, 0.5) is 0 Å². The van der Waals surface area contributed by atoms with Gasteiger partial charge in [-0.1, -0.05) is 41.5 Å². The molecule has 0 aromatic carbocycles. The molecule has 0 aliphatic rings. The first-order chi connectivity index (χ1) is 8.47. The van der Waals surface area contributed by atoms with E-state index in [2.05, 4.69) is 58.7 Å². The van der Waals surface area contributed by atoms with Crippen LogP contribution in [0.15, 0.2) is 0 Å². The van der Waals surface area contributed by atoms with E-state index >= 15 is 0 Å². The zero-order valence-corrected chi connectivity index (χ0v) is 13.8. The van der Waals surface area contributed by atoms with Crippen molar-refractivity contribution in [2.45, 2.75) is 73.4 Å². The van der Waals surface area contributed by atoms with Crippen molar-refractivity contribution in [3.05, 3.63) is 0 Å². The highest BCUT2D eigenvalue weighted by molar-refractivity contribution is 4.80. The number of hydrogen-bond acceptors (Lipinski definition) is 2. The second-order valence-electron chi connectivity index (χ2n) is 6.09. The molecular formula is C16H36N2. The van der Waals surface area contributed by atoms with Crippen molar-refractivity contribution < 1.29 is 0 Å². The van der Waals surface area contributed by atoms with Crippen molar-refractivity contribution in [2.24, 2.45) is 11.8 Å². The van der Waals surface area contributed by atoms with Crippen molar-refractivity contribution in [3.63, 3.8) is 0 Å². The first kappa shape index (κ1) is 17.9. The van der Waals surface area contributed by atoms with Gasteiger partial charge in [0.25, 0.3) is 0 Å². The fourth-order valence-corrected chi connectivity index (χ4v) is 2.70. The van der Waals surface area contributed by atoms with Gasteiger partial charge in [-0.05, 0) is 44.7 Å². The van der Waals surface area contributed by atoms with Gasteiger partial charge in [-0.3, -0.25) is 4.90 Å². The predicted octanol–water partition coefficient (Wildman–Crippen LogP) is 3.77. The molecule has 0 spiro atoms. The standard InChI is InChI=1S/C16H36N2/c1-8-16(9-2)18(12-13(4)5)15(7)14(6)11-17-10-3/h13-17H,8-12H2,1-7H3. The minimum Gasteiger partial charge on any atom is -0.317 e. The van der Waals surface area contributed by atoms with Crippen molar-refractivity contribution in [1.29, 1.82) is 0 Å². The molecule has 2 nitrogen and oxygen atoms in total. The van der Waals surface area contributed by atoms with Crippen molar-refractivity contribution in [3.8, 4) is 0 Å². The molecule has 0 saturated heterocycles. The zero-order chi connectivity index (χ0) is 14.1. The molecule has 0 aliphatic heterocycles. The summed E-state index contributed by atoms with van der Waals surface area (Å²) in [7, 11) is 0. The normalized spacial score (nSPS) is 15.7. The van der Waals surface area contributed by atoms with Crippen molar-refractivity contribution in [2.75, 3.05) is 19.6 Å². The molecule has 0 radical (unpaired) electrons. The molecule has 0 fully saturated rings. The maximum absolute atomic E-state index is 3.49. The second kappa shape index (κ2) is 9.80. The Morgan fingerprint density at radius 1 is 0.944 bits per heavy atom. The van der Waals surface area contributed by atoms with E-state index in [0.717, 1.165) is 25.0 Å². The summed E-state index contributed by atoms with van der Waals surface area (Å²) in [5.74, 6) is 1.46. The Morgan fingerprint density at radius 3 is 1.89 bits per heavy atom. The Morgan fingerprint density at radius 2 is 1.50 bits per heavy atom. The van der Waals surface area contributed by atoms with Gasteiger partial charge >= 0.3 is 0 Å². The van der Waals surface area contributed by atoms with Crippen molar-refractivity contribution >= 4 is 0 Å². The monoisotopic (exact) mass is 256 g/mol. The molecular weight excluding hydrogens is 220 g/mol. The average Bonchev–Trinajstić information content (AvgIpc) is 2.34. The summed E-state index contributed by atoms with van der Waals surface area (Å²) in [6, 6.07) is 1.41. The fraction of sp³-hybridized carbons (Fsp3) is 1.00. The van der Waals surface area contributed by atoms with Crippen LogP contribution in [0.1, 0.15) is 61.3 Å². The van der Waals surface area contributed by atoms with Crippen LogP contribution in [-0.4, -0.2) is 36.6 Å². The third-order valence-corrected chi connectivity index (χ3v) is 4.05. The van der Waals surface area contributed by atoms with E-state index < -0.39 is 0 Å². The lowest BCUT2D eigenvalue weighted by Crippen LogP contribution is -2.48. The van der Waals surface area contributed by atoms with Crippen LogP contribution in [0.3, 0.4) is 0 Å². The maximum Gasteiger partial charge on any atom is 0.0108 e. The Hall–Kier alpha value is -0.0800. The van der Waals surface area contributed by atoms with Crippen LogP contribution in [-0.2, 0) is 0 Å². The van der Waals surface area contributed by atoms with E-state index in [1.807, 2.05) is 0 Å². The van der Waals surface area contributed by atoms with Gasteiger partial charge < -0.3 is 5.32 Å². The summed E-state index contributed by atoms with van der Waals surface area (Å²) in [4.78, 5) is 2.74. The van der Waals surface area contributed by atoms with Crippen molar-refractivity contribution in [1.82, 2.24) is 10.2 Å². The Balaban J connectivity index is 4.60. The molecule has 0 saturated carbocycles. The van der Waals surface area contributed by atoms with Crippen LogP contribution in [0.25, 0.3) is 0 Å². The first-order valence-electron chi connectivity index (χ1n) is 7.94. The molecule has 0 heterocycles. The molecule has 0 aromatic heterocycles. The molecule has 0 rings (SSSR count). The lowest BCUT2D eigenvalue weighted by Gasteiger charge is -2.40. The average molecular weight is 256 g/mol. The summed E-state index contributed by atoms with van der Waals surface area (Å²) in [5.41, 5.74) is 0. The van der Waals surface area contributed by atoms with Gasteiger partial charge in [0.05, 0.1) is 0 Å². The Kier molecular flexibility index (Phi) is 9.76. The number of rotatable bonds is 10. The molecule has 0 aliphatic carbocycles. The third kappa shape index (κ3) is 6.19. The predicted molar refractivity (Wildman–Crippen MR) is 83.1 cm³/mol. The maximum atomic E-state index is 3.49. The summed E-state index contributed by atoms with van der Waals surface area (Å²) in [6.45, 7) is 19.7. The lowest BCUT2D eigenvalue weighted by molar-refractivity contribution is 0.0868. The van der Waals surface area contributed by atoms with E-state index in [-0.39, 0.29) is 0 Å². The smallest absolute Gasteiger partial charge is 0.0108 e. The largest absolute Gasteiger partial charge is 0.317 e. The highest BCUT2D eigenvalue weighted by atomic mass is 15.2. The molecule has 18 heavy (non-hydrogen) atoms. The highest BCUT2D eigenvalue weighted by Gasteiger charge is 2.25. The molecule has 2 unspecified atom stereocenters. The number of nitrogens with one attached hydrogen (secondary N) is 1. The SMILES string of the molecule is CCNCC(C)C(C)N(CC(C)C)C(CC)CC. The van der Waals surface area contributed by atoms with Gasteiger partial charge in [0.15, 0.2) is 0 Å². The molecule has 0 bridgehead atoms. The van der Waals surface area contributed by atoms with Crippen LogP contribution in [0, 0.1) is 11.8 Å². The van der Waals surface area contributed by atoms with Gasteiger partial charge in [0.1, 0.15) is 0 Å². The second-order valence-corrected chi connectivity index (χ2v) is 6.09. The highest BCUT2D eigenvalue weighted by Crippen LogP contribution is 2.19. The molecule has 1 N–H and O–H groups in total. The lowest BCUT2D eigenvalue weighted by atomic mass is 9.97. The van der Waals surface area contributed by atoms with Crippen LogP contribution in [0.2, 0.25) is 0 Å². The minimum atomic E-state index is 0.663. The van der Waals surface area contributed by atoms with Gasteiger partial charge in [-0.25, -0.2) is 0 Å². The van der Waals surface area contributed by atoms with E-state index in [1.54, 1.807) is 0 Å². The summed E-state index contributed by atoms with van der Waals surface area (Å²) < 4.78 is 0. The number of nitrogens with zero attached hydrogens (tertiary/aromatic N) is 1. The van der Waals surface area contributed by atoms with E-state index in [9.17, 15) is 0 Å². The summed E-state index contributed by atoms with van der Waals surface area (Å²) in [5, 5.41) is 3.49. The van der Waals surface area contributed by atoms with E-state index in [0.29, 0.717) is 12.0 Å². The molecule has 2 atom stereocenters. The Bertz CT molecular complexity index is 188. The molecule has 2 heteroatoms. The van der Waals surface area contributed by atoms with Crippen LogP contribution < -0.4 is 5.32 Å². The minimum absolute atomic E-state index is 0.663. The first-order valence-corrected chi connectivity index (χ1v) is 7.94. The topological polar surface area (TPSA) is 15.3 Å². The quantitative estimate of drug-likeness (QED) is 0.640. The molecule has 110 valence electrons. The molecule has 0 aromatic rings. The van der Waals surface area contributed by atoms with Gasteiger partial charge in [-0.15, -0.1) is 0 Å². The third-order valence-electron chi connectivity index (χ3n) is 4.05. The fourth-order valence-electron chi connectivity index (χ4n) is 2.70. The summed E-state index contributed by atoms with van der Waals surface area (Å²) in [6.07, 6.45) is 2.53. The molecule has 0 amide bonds. The van der Waals surface area contributed by atoms with Gasteiger partial charge in [0, 0.05) is 18.6 Å². The van der Waals surface area contributed by atoms with E-state index in [1.165, 1.54) is 19.4 Å². The summed E-state index contributed by atoms with van der Waals surface area (Å²) >= 11 is 0.